The first kappa shape index (κ1) is 17.7. The Hall–Kier alpha value is -2.67. The minimum atomic E-state index is -0.0436. The van der Waals surface area contributed by atoms with Gasteiger partial charge in [-0.15, -0.1) is 11.3 Å². The molecule has 0 radical (unpaired) electrons. The third-order valence-electron chi connectivity index (χ3n) is 4.97. The van der Waals surface area contributed by atoms with Crippen LogP contribution in [0.5, 0.6) is 0 Å². The number of aromatic nitrogens is 3. The lowest BCUT2D eigenvalue weighted by molar-refractivity contribution is 0.0945. The number of carbonyl (C=O) groups is 1. The molecule has 7 heteroatoms. The van der Waals surface area contributed by atoms with Gasteiger partial charge in [-0.3, -0.25) is 9.48 Å². The van der Waals surface area contributed by atoms with Gasteiger partial charge in [0.15, 0.2) is 5.13 Å². The predicted octanol–water partition coefficient (Wildman–Crippen LogP) is 3.19. The minimum Gasteiger partial charge on any atom is -0.352 e. The summed E-state index contributed by atoms with van der Waals surface area (Å²) in [6.07, 6.45) is 5.47. The van der Waals surface area contributed by atoms with Crippen molar-refractivity contribution in [2.75, 3.05) is 24.5 Å². The Morgan fingerprint density at radius 2 is 2.04 bits per heavy atom. The second kappa shape index (κ2) is 7.92. The summed E-state index contributed by atoms with van der Waals surface area (Å²) in [5, 5.41) is 10.3. The maximum atomic E-state index is 12.1. The number of piperidine rings is 1. The summed E-state index contributed by atoms with van der Waals surface area (Å²) in [6.45, 7) is 2.68. The summed E-state index contributed by atoms with van der Waals surface area (Å²) in [7, 11) is 1.81. The van der Waals surface area contributed by atoms with Gasteiger partial charge < -0.3 is 10.2 Å². The molecular formula is C20H23N5OS. The summed E-state index contributed by atoms with van der Waals surface area (Å²) in [5.74, 6) is 0.466. The van der Waals surface area contributed by atoms with E-state index < -0.39 is 0 Å². The van der Waals surface area contributed by atoms with Crippen molar-refractivity contribution in [1.29, 1.82) is 0 Å². The van der Waals surface area contributed by atoms with E-state index in [0.717, 1.165) is 42.3 Å². The molecule has 1 fully saturated rings. The molecule has 4 rings (SSSR count). The van der Waals surface area contributed by atoms with Crippen LogP contribution in [0, 0.1) is 5.92 Å². The predicted molar refractivity (Wildman–Crippen MR) is 108 cm³/mol. The number of carbonyl (C=O) groups excluding carboxylic acids is 1. The molecule has 1 amide bonds. The molecule has 0 atom stereocenters. The summed E-state index contributed by atoms with van der Waals surface area (Å²) in [6, 6.07) is 10.3. The fourth-order valence-electron chi connectivity index (χ4n) is 3.36. The van der Waals surface area contributed by atoms with E-state index in [1.54, 1.807) is 28.4 Å². The second-order valence-corrected chi connectivity index (χ2v) is 7.76. The van der Waals surface area contributed by atoms with Gasteiger partial charge >= 0.3 is 0 Å². The largest absolute Gasteiger partial charge is 0.352 e. The lowest BCUT2D eigenvalue weighted by atomic mass is 9.97. The van der Waals surface area contributed by atoms with Gasteiger partial charge in [0.05, 0.1) is 17.5 Å². The SMILES string of the molecule is Cn1cc(C(=O)NCC2CCN(c3nc(-c4ccccc4)cs3)CC2)cn1. The van der Waals surface area contributed by atoms with Crippen molar-refractivity contribution in [1.82, 2.24) is 20.1 Å². The number of amides is 1. The standard InChI is InChI=1S/C20H23N5OS/c1-24-13-17(12-22-24)19(26)21-11-15-7-9-25(10-8-15)20-23-18(14-27-20)16-5-3-2-4-6-16/h2-6,12-15H,7-11H2,1H3,(H,21,26). The zero-order valence-corrected chi connectivity index (χ0v) is 16.2. The van der Waals surface area contributed by atoms with E-state index in [4.69, 9.17) is 4.98 Å². The molecule has 27 heavy (non-hydrogen) atoms. The Kier molecular flexibility index (Phi) is 5.20. The molecular weight excluding hydrogens is 358 g/mol. The van der Waals surface area contributed by atoms with Crippen LogP contribution >= 0.6 is 11.3 Å². The Bertz CT molecular complexity index is 896. The molecule has 0 saturated carbocycles. The number of anilines is 1. The summed E-state index contributed by atoms with van der Waals surface area (Å²) >= 11 is 1.71. The number of hydrogen-bond donors (Lipinski definition) is 1. The van der Waals surface area contributed by atoms with Crippen LogP contribution in [0.15, 0.2) is 48.1 Å². The minimum absolute atomic E-state index is 0.0436. The molecule has 1 saturated heterocycles. The van der Waals surface area contributed by atoms with E-state index in [9.17, 15) is 4.79 Å². The van der Waals surface area contributed by atoms with Gasteiger partial charge in [-0.05, 0) is 18.8 Å². The van der Waals surface area contributed by atoms with Gasteiger partial charge in [-0.1, -0.05) is 30.3 Å². The van der Waals surface area contributed by atoms with Gasteiger partial charge in [-0.2, -0.15) is 5.10 Å². The smallest absolute Gasteiger partial charge is 0.254 e. The van der Waals surface area contributed by atoms with Crippen molar-refractivity contribution >= 4 is 22.4 Å². The number of rotatable bonds is 5. The van der Waals surface area contributed by atoms with E-state index in [2.05, 4.69) is 32.8 Å². The number of nitrogens with one attached hydrogen (secondary N) is 1. The highest BCUT2D eigenvalue weighted by Crippen LogP contribution is 2.30. The van der Waals surface area contributed by atoms with E-state index in [1.807, 2.05) is 25.2 Å². The van der Waals surface area contributed by atoms with Crippen molar-refractivity contribution in [3.05, 3.63) is 53.7 Å². The van der Waals surface area contributed by atoms with Gasteiger partial charge in [0.1, 0.15) is 0 Å². The highest BCUT2D eigenvalue weighted by atomic mass is 32.1. The maximum Gasteiger partial charge on any atom is 0.254 e. The lowest BCUT2D eigenvalue weighted by Gasteiger charge is -2.31. The number of thiazole rings is 1. The average molecular weight is 382 g/mol. The van der Waals surface area contributed by atoms with Crippen molar-refractivity contribution in [3.8, 4) is 11.3 Å². The quantitative estimate of drug-likeness (QED) is 0.737. The van der Waals surface area contributed by atoms with Crippen LogP contribution in [0.1, 0.15) is 23.2 Å². The summed E-state index contributed by atoms with van der Waals surface area (Å²) in [4.78, 5) is 19.3. The molecule has 0 unspecified atom stereocenters. The van der Waals surface area contributed by atoms with Crippen LogP contribution in [0.2, 0.25) is 0 Å². The topological polar surface area (TPSA) is 63.1 Å². The molecule has 2 aromatic heterocycles. The monoisotopic (exact) mass is 381 g/mol. The van der Waals surface area contributed by atoms with Crippen LogP contribution < -0.4 is 10.2 Å². The molecule has 1 aliphatic rings. The molecule has 6 nitrogen and oxygen atoms in total. The van der Waals surface area contributed by atoms with Crippen molar-refractivity contribution in [2.45, 2.75) is 12.8 Å². The molecule has 1 aromatic carbocycles. The van der Waals surface area contributed by atoms with Gasteiger partial charge in [-0.25, -0.2) is 4.98 Å². The van der Waals surface area contributed by atoms with Crippen LogP contribution in [-0.2, 0) is 7.05 Å². The lowest BCUT2D eigenvalue weighted by Crippen LogP contribution is -2.38. The molecule has 0 aliphatic carbocycles. The summed E-state index contributed by atoms with van der Waals surface area (Å²) in [5.41, 5.74) is 2.82. The molecule has 3 aromatic rings. The van der Waals surface area contributed by atoms with E-state index in [-0.39, 0.29) is 5.91 Å². The van der Waals surface area contributed by atoms with Crippen molar-refractivity contribution in [3.63, 3.8) is 0 Å². The average Bonchev–Trinajstić information content (AvgIpc) is 3.37. The first-order valence-corrected chi connectivity index (χ1v) is 10.1. The van der Waals surface area contributed by atoms with Crippen LogP contribution in [0.4, 0.5) is 5.13 Å². The molecule has 1 aliphatic heterocycles. The molecule has 0 spiro atoms. The van der Waals surface area contributed by atoms with Gasteiger partial charge in [0, 0.05) is 43.8 Å². The van der Waals surface area contributed by atoms with E-state index >= 15 is 0 Å². The van der Waals surface area contributed by atoms with Crippen LogP contribution in [0.3, 0.4) is 0 Å². The van der Waals surface area contributed by atoms with Gasteiger partial charge in [0.25, 0.3) is 5.91 Å². The van der Waals surface area contributed by atoms with Crippen molar-refractivity contribution in [2.24, 2.45) is 13.0 Å². The molecule has 3 heterocycles. The third-order valence-corrected chi connectivity index (χ3v) is 5.87. The fourth-order valence-corrected chi connectivity index (χ4v) is 4.25. The highest BCUT2D eigenvalue weighted by Gasteiger charge is 2.22. The normalized spacial score (nSPS) is 15.1. The number of nitrogens with zero attached hydrogens (tertiary/aromatic N) is 4. The maximum absolute atomic E-state index is 12.1. The summed E-state index contributed by atoms with van der Waals surface area (Å²) < 4.78 is 1.64. The number of aryl methyl sites for hydroxylation is 1. The molecule has 140 valence electrons. The Balaban J connectivity index is 1.28. The van der Waals surface area contributed by atoms with E-state index in [0.29, 0.717) is 18.0 Å². The van der Waals surface area contributed by atoms with Crippen LogP contribution in [0.25, 0.3) is 11.3 Å². The van der Waals surface area contributed by atoms with E-state index in [1.165, 1.54) is 0 Å². The second-order valence-electron chi connectivity index (χ2n) is 6.92. The molecule has 0 bridgehead atoms. The highest BCUT2D eigenvalue weighted by molar-refractivity contribution is 7.14. The number of hydrogen-bond acceptors (Lipinski definition) is 5. The first-order chi connectivity index (χ1) is 13.2. The Labute approximate surface area is 162 Å². The third kappa shape index (κ3) is 4.19. The van der Waals surface area contributed by atoms with Gasteiger partial charge in [0.2, 0.25) is 0 Å². The first-order valence-electron chi connectivity index (χ1n) is 9.22. The molecule has 1 N–H and O–H groups in total. The zero-order chi connectivity index (χ0) is 18.6. The zero-order valence-electron chi connectivity index (χ0n) is 15.3. The fraction of sp³-hybridized carbons (Fsp3) is 0.350. The Morgan fingerprint density at radius 3 is 2.74 bits per heavy atom. The van der Waals surface area contributed by atoms with Crippen molar-refractivity contribution < 1.29 is 4.79 Å². The number of benzene rings is 1. The Morgan fingerprint density at radius 1 is 1.26 bits per heavy atom. The van der Waals surface area contributed by atoms with Crippen LogP contribution in [-0.4, -0.2) is 40.3 Å².